The second-order valence-electron chi connectivity index (χ2n) is 3.60. The molecule has 5 nitrogen and oxygen atoms in total. The molecule has 1 heterocycles. The number of hydrogen-bond acceptors (Lipinski definition) is 3. The third kappa shape index (κ3) is 2.07. The molecule has 96 valence electrons. The fourth-order valence-corrected chi connectivity index (χ4v) is 3.44. The van der Waals surface area contributed by atoms with Gasteiger partial charge in [-0.2, -0.15) is 3.97 Å². The molecule has 0 radical (unpaired) electrons. The Morgan fingerprint density at radius 1 is 1.22 bits per heavy atom. The minimum Gasteiger partial charge on any atom is -0.312 e. The molecule has 0 aliphatic heterocycles. The number of benzene rings is 1. The summed E-state index contributed by atoms with van der Waals surface area (Å²) >= 11 is 11.7. The first kappa shape index (κ1) is 13.2. The minimum atomic E-state index is -4.01. The smallest absolute Gasteiger partial charge is 0.312 e. The van der Waals surface area contributed by atoms with Crippen LogP contribution in [-0.2, 0) is 10.0 Å². The zero-order valence-electron chi connectivity index (χ0n) is 9.15. The van der Waals surface area contributed by atoms with E-state index in [2.05, 4.69) is 4.98 Å². The van der Waals surface area contributed by atoms with Crippen molar-refractivity contribution in [2.45, 2.75) is 11.8 Å². The summed E-state index contributed by atoms with van der Waals surface area (Å²) in [5.41, 5.74) is -0.193. The number of H-pyrrole nitrogens is 1. The molecule has 0 saturated heterocycles. The van der Waals surface area contributed by atoms with Crippen molar-refractivity contribution in [2.75, 3.05) is 0 Å². The van der Waals surface area contributed by atoms with Gasteiger partial charge in [-0.05, 0) is 24.6 Å². The summed E-state index contributed by atoms with van der Waals surface area (Å²) in [4.78, 5) is 13.5. The second-order valence-corrected chi connectivity index (χ2v) is 6.20. The van der Waals surface area contributed by atoms with Crippen molar-refractivity contribution < 1.29 is 8.42 Å². The molecule has 0 atom stereocenters. The zero-order valence-corrected chi connectivity index (χ0v) is 11.5. The van der Waals surface area contributed by atoms with Crippen LogP contribution < -0.4 is 5.69 Å². The molecule has 8 heteroatoms. The van der Waals surface area contributed by atoms with Crippen molar-refractivity contribution in [1.29, 1.82) is 0 Å². The van der Waals surface area contributed by atoms with Gasteiger partial charge in [-0.15, -0.1) is 0 Å². The highest BCUT2D eigenvalue weighted by molar-refractivity contribution is 7.90. The van der Waals surface area contributed by atoms with E-state index in [0.717, 1.165) is 6.20 Å². The molecule has 1 N–H and O–H groups in total. The van der Waals surface area contributed by atoms with Crippen molar-refractivity contribution >= 4 is 33.2 Å². The van der Waals surface area contributed by atoms with Gasteiger partial charge >= 0.3 is 5.69 Å². The summed E-state index contributed by atoms with van der Waals surface area (Å²) in [6.07, 6.45) is 2.36. The van der Waals surface area contributed by atoms with Gasteiger partial charge in [-0.25, -0.2) is 13.2 Å². The number of aromatic nitrogens is 2. The maximum atomic E-state index is 12.2. The SMILES string of the molecule is Cc1cc(S(=O)(=O)n2cc[nH]c2=O)c(Cl)cc1Cl. The summed E-state index contributed by atoms with van der Waals surface area (Å²) < 4.78 is 25.0. The van der Waals surface area contributed by atoms with Gasteiger partial charge in [-0.3, -0.25) is 0 Å². The Bertz CT molecular complexity index is 762. The van der Waals surface area contributed by atoms with Gasteiger partial charge in [0.15, 0.2) is 0 Å². The molecule has 1 aromatic heterocycles. The van der Waals surface area contributed by atoms with Gasteiger partial charge in [0.05, 0.1) is 5.02 Å². The van der Waals surface area contributed by atoms with Crippen LogP contribution in [-0.4, -0.2) is 17.4 Å². The number of rotatable bonds is 2. The van der Waals surface area contributed by atoms with Crippen LogP contribution in [0.15, 0.2) is 34.2 Å². The molecular weight excluding hydrogens is 299 g/mol. The molecule has 2 rings (SSSR count). The highest BCUT2D eigenvalue weighted by Gasteiger charge is 2.22. The molecule has 0 aliphatic rings. The van der Waals surface area contributed by atoms with E-state index in [9.17, 15) is 13.2 Å². The van der Waals surface area contributed by atoms with E-state index < -0.39 is 15.7 Å². The number of aromatic amines is 1. The second kappa shape index (κ2) is 4.46. The van der Waals surface area contributed by atoms with E-state index in [4.69, 9.17) is 23.2 Å². The Morgan fingerprint density at radius 2 is 1.89 bits per heavy atom. The van der Waals surface area contributed by atoms with E-state index >= 15 is 0 Å². The summed E-state index contributed by atoms with van der Waals surface area (Å²) in [7, 11) is -4.01. The van der Waals surface area contributed by atoms with Crippen LogP contribution in [0.4, 0.5) is 0 Å². The van der Waals surface area contributed by atoms with Crippen molar-refractivity contribution in [3.8, 4) is 0 Å². The normalized spacial score (nSPS) is 11.7. The van der Waals surface area contributed by atoms with Gasteiger partial charge < -0.3 is 4.98 Å². The molecule has 0 bridgehead atoms. The van der Waals surface area contributed by atoms with Crippen molar-refractivity contribution in [3.05, 3.63) is 50.6 Å². The lowest BCUT2D eigenvalue weighted by molar-refractivity contribution is 0.585. The molecule has 0 spiro atoms. The van der Waals surface area contributed by atoms with Crippen LogP contribution in [0.25, 0.3) is 0 Å². The molecular formula is C10H8Cl2N2O3S. The molecule has 0 aliphatic carbocycles. The Balaban J connectivity index is 2.74. The Labute approximate surface area is 113 Å². The van der Waals surface area contributed by atoms with Gasteiger partial charge in [0, 0.05) is 17.4 Å². The molecule has 0 saturated carbocycles. The quantitative estimate of drug-likeness (QED) is 0.922. The van der Waals surface area contributed by atoms with Crippen molar-refractivity contribution in [1.82, 2.24) is 8.96 Å². The highest BCUT2D eigenvalue weighted by atomic mass is 35.5. The third-order valence-electron chi connectivity index (χ3n) is 2.37. The molecule has 0 unspecified atom stereocenters. The van der Waals surface area contributed by atoms with Gasteiger partial charge in [0.2, 0.25) is 0 Å². The van der Waals surface area contributed by atoms with Crippen LogP contribution in [0.3, 0.4) is 0 Å². The van der Waals surface area contributed by atoms with Crippen LogP contribution >= 0.6 is 23.2 Å². The zero-order chi connectivity index (χ0) is 13.5. The number of aryl methyl sites for hydroxylation is 1. The lowest BCUT2D eigenvalue weighted by Gasteiger charge is -2.08. The first-order valence-electron chi connectivity index (χ1n) is 4.81. The average Bonchev–Trinajstić information content (AvgIpc) is 2.70. The average molecular weight is 307 g/mol. The third-order valence-corrected chi connectivity index (χ3v) is 4.90. The van der Waals surface area contributed by atoms with Crippen LogP contribution in [0.5, 0.6) is 0 Å². The number of halogens is 2. The summed E-state index contributed by atoms with van der Waals surface area (Å²) in [6, 6.07) is 2.67. The summed E-state index contributed by atoms with van der Waals surface area (Å²) in [5, 5.41) is 0.332. The monoisotopic (exact) mass is 306 g/mol. The highest BCUT2D eigenvalue weighted by Crippen LogP contribution is 2.28. The standard InChI is InChI=1S/C10H8Cl2N2O3S/c1-6-4-9(8(12)5-7(6)11)18(16,17)14-3-2-13-10(14)15/h2-5H,1H3,(H,13,15). The van der Waals surface area contributed by atoms with Gasteiger partial charge in [0.25, 0.3) is 10.0 Å². The lowest BCUT2D eigenvalue weighted by Crippen LogP contribution is -2.24. The van der Waals surface area contributed by atoms with E-state index in [-0.39, 0.29) is 9.92 Å². The summed E-state index contributed by atoms with van der Waals surface area (Å²) in [5.74, 6) is 0. The Morgan fingerprint density at radius 3 is 2.44 bits per heavy atom. The van der Waals surface area contributed by atoms with E-state index in [1.165, 1.54) is 18.3 Å². The predicted octanol–water partition coefficient (Wildman–Crippen LogP) is 2.03. The molecule has 2 aromatic rings. The maximum Gasteiger partial charge on any atom is 0.339 e. The molecule has 18 heavy (non-hydrogen) atoms. The largest absolute Gasteiger partial charge is 0.339 e. The predicted molar refractivity (Wildman–Crippen MR) is 68.8 cm³/mol. The maximum absolute atomic E-state index is 12.2. The first-order valence-corrected chi connectivity index (χ1v) is 7.01. The van der Waals surface area contributed by atoms with Crippen LogP contribution in [0, 0.1) is 6.92 Å². The fourth-order valence-electron chi connectivity index (χ4n) is 1.43. The van der Waals surface area contributed by atoms with Gasteiger partial charge in [0.1, 0.15) is 4.90 Å². The fraction of sp³-hybridized carbons (Fsp3) is 0.100. The molecule has 1 aromatic carbocycles. The number of hydrogen-bond donors (Lipinski definition) is 1. The van der Waals surface area contributed by atoms with Crippen molar-refractivity contribution in [2.24, 2.45) is 0 Å². The lowest BCUT2D eigenvalue weighted by atomic mass is 10.2. The Hall–Kier alpha value is -1.24. The van der Waals surface area contributed by atoms with Gasteiger partial charge in [-0.1, -0.05) is 23.2 Å². The Kier molecular flexibility index (Phi) is 3.27. The molecule has 0 fully saturated rings. The van der Waals surface area contributed by atoms with Crippen LogP contribution in [0.1, 0.15) is 5.56 Å². The topological polar surface area (TPSA) is 71.9 Å². The van der Waals surface area contributed by atoms with E-state index in [1.54, 1.807) is 6.92 Å². The van der Waals surface area contributed by atoms with E-state index in [0.29, 0.717) is 14.6 Å². The van der Waals surface area contributed by atoms with Crippen molar-refractivity contribution in [3.63, 3.8) is 0 Å². The first-order chi connectivity index (χ1) is 8.34. The number of nitrogens with zero attached hydrogens (tertiary/aromatic N) is 1. The van der Waals surface area contributed by atoms with E-state index in [1.807, 2.05) is 0 Å². The van der Waals surface area contributed by atoms with Crippen LogP contribution in [0.2, 0.25) is 10.0 Å². The molecule has 0 amide bonds. The number of imidazole rings is 1. The number of nitrogens with one attached hydrogen (secondary N) is 1. The summed E-state index contributed by atoms with van der Waals surface area (Å²) in [6.45, 7) is 1.65. The minimum absolute atomic E-state index is 0.0290.